The van der Waals surface area contributed by atoms with Gasteiger partial charge in [-0.15, -0.1) is 0 Å². The molecule has 0 radical (unpaired) electrons. The fourth-order valence-corrected chi connectivity index (χ4v) is 3.51. The van der Waals surface area contributed by atoms with Crippen LogP contribution in [-0.2, 0) is 9.47 Å². The van der Waals surface area contributed by atoms with Crippen molar-refractivity contribution in [3.8, 4) is 6.07 Å². The van der Waals surface area contributed by atoms with Gasteiger partial charge in [0.05, 0.1) is 18.8 Å². The predicted molar refractivity (Wildman–Crippen MR) is 80.4 cm³/mol. The highest BCUT2D eigenvalue weighted by atomic mass is 19.1. The number of hydrogen-bond donors (Lipinski definition) is 0. The molecule has 0 bridgehead atoms. The Balaban J connectivity index is 1.57. The first-order valence-electron chi connectivity index (χ1n) is 8.10. The number of ether oxygens (including phenoxy) is 2. The molecule has 3 rings (SSSR count). The summed E-state index contributed by atoms with van der Waals surface area (Å²) in [7, 11) is 0. The van der Waals surface area contributed by atoms with Gasteiger partial charge in [-0.2, -0.15) is 5.26 Å². The van der Waals surface area contributed by atoms with E-state index in [2.05, 4.69) is 6.92 Å². The summed E-state index contributed by atoms with van der Waals surface area (Å²) in [5.74, 6) is 1.47. The summed E-state index contributed by atoms with van der Waals surface area (Å²) in [6, 6.07) is 6.34. The Bertz CT molecular complexity index is 553. The quantitative estimate of drug-likeness (QED) is 0.823. The molecular weight excluding hydrogens is 281 g/mol. The molecule has 3 nitrogen and oxygen atoms in total. The maximum Gasteiger partial charge on any atom is 0.183 e. The molecule has 1 aliphatic carbocycles. The molecule has 0 amide bonds. The molecule has 118 valence electrons. The summed E-state index contributed by atoms with van der Waals surface area (Å²) >= 11 is 0. The Morgan fingerprint density at radius 1 is 1.09 bits per heavy atom. The lowest BCUT2D eigenvalue weighted by molar-refractivity contribution is -0.214. The van der Waals surface area contributed by atoms with Crippen LogP contribution in [0.4, 0.5) is 4.39 Å². The van der Waals surface area contributed by atoms with Gasteiger partial charge in [-0.25, -0.2) is 4.39 Å². The molecule has 0 N–H and O–H groups in total. The van der Waals surface area contributed by atoms with Gasteiger partial charge in [-0.1, -0.05) is 25.8 Å². The van der Waals surface area contributed by atoms with Crippen molar-refractivity contribution in [2.75, 3.05) is 13.2 Å². The van der Waals surface area contributed by atoms with Crippen molar-refractivity contribution in [2.24, 2.45) is 17.8 Å². The molecule has 1 aliphatic heterocycles. The minimum absolute atomic E-state index is 0.0498. The first kappa shape index (κ1) is 15.5. The summed E-state index contributed by atoms with van der Waals surface area (Å²) in [4.78, 5) is 0. The van der Waals surface area contributed by atoms with Gasteiger partial charge >= 0.3 is 0 Å². The van der Waals surface area contributed by atoms with Crippen molar-refractivity contribution >= 4 is 0 Å². The van der Waals surface area contributed by atoms with Crippen LogP contribution >= 0.6 is 0 Å². The van der Waals surface area contributed by atoms with Crippen LogP contribution in [0.3, 0.4) is 0 Å². The predicted octanol–water partition coefficient (Wildman–Crippen LogP) is 4.19. The van der Waals surface area contributed by atoms with Crippen LogP contribution in [0.1, 0.15) is 50.0 Å². The standard InChI is InChI=1S/C18H22FNO2/c1-12-2-4-13(5-3-12)16-10-21-18(22-11-16)14-6-7-15(9-20)17(19)8-14/h6-8,12-13,16,18H,2-5,10-11H2,1H3. The van der Waals surface area contributed by atoms with Crippen molar-refractivity contribution in [3.63, 3.8) is 0 Å². The average molecular weight is 303 g/mol. The molecule has 1 saturated carbocycles. The number of rotatable bonds is 2. The first-order valence-corrected chi connectivity index (χ1v) is 8.10. The molecule has 0 aromatic heterocycles. The summed E-state index contributed by atoms with van der Waals surface area (Å²) in [6.07, 6.45) is 4.60. The smallest absolute Gasteiger partial charge is 0.183 e. The number of nitrogens with zero attached hydrogens (tertiary/aromatic N) is 1. The maximum atomic E-state index is 13.7. The molecule has 2 fully saturated rings. The van der Waals surface area contributed by atoms with Gasteiger partial charge in [0.1, 0.15) is 11.9 Å². The minimum atomic E-state index is -0.518. The molecule has 0 atom stereocenters. The van der Waals surface area contributed by atoms with Gasteiger partial charge in [0.2, 0.25) is 0 Å². The van der Waals surface area contributed by atoms with Crippen molar-refractivity contribution in [1.29, 1.82) is 5.26 Å². The van der Waals surface area contributed by atoms with E-state index in [9.17, 15) is 4.39 Å². The van der Waals surface area contributed by atoms with Crippen molar-refractivity contribution < 1.29 is 13.9 Å². The van der Waals surface area contributed by atoms with E-state index in [0.29, 0.717) is 30.6 Å². The van der Waals surface area contributed by atoms with Crippen LogP contribution in [-0.4, -0.2) is 13.2 Å². The van der Waals surface area contributed by atoms with E-state index in [1.165, 1.54) is 37.8 Å². The number of halogens is 1. The van der Waals surface area contributed by atoms with E-state index in [0.717, 1.165) is 5.92 Å². The van der Waals surface area contributed by atoms with Gasteiger partial charge in [0.15, 0.2) is 6.29 Å². The summed E-state index contributed by atoms with van der Waals surface area (Å²) in [6.45, 7) is 3.66. The van der Waals surface area contributed by atoms with Gasteiger partial charge in [-0.05, 0) is 36.8 Å². The van der Waals surface area contributed by atoms with Crippen LogP contribution in [0.2, 0.25) is 0 Å². The lowest BCUT2D eigenvalue weighted by atomic mass is 9.76. The molecule has 1 aromatic rings. The van der Waals surface area contributed by atoms with Crippen LogP contribution < -0.4 is 0 Å². The Morgan fingerprint density at radius 3 is 2.36 bits per heavy atom. The van der Waals surface area contributed by atoms with Crippen LogP contribution in [0.15, 0.2) is 18.2 Å². The minimum Gasteiger partial charge on any atom is -0.348 e. The van der Waals surface area contributed by atoms with Gasteiger partial charge in [0.25, 0.3) is 0 Å². The SMILES string of the molecule is CC1CCC(C2COC(c3ccc(C#N)c(F)c3)OC2)CC1. The van der Waals surface area contributed by atoms with Crippen LogP contribution in [0, 0.1) is 34.9 Å². The topological polar surface area (TPSA) is 42.2 Å². The number of benzene rings is 1. The van der Waals surface area contributed by atoms with Crippen molar-refractivity contribution in [3.05, 3.63) is 35.1 Å². The van der Waals surface area contributed by atoms with Gasteiger partial charge < -0.3 is 9.47 Å². The largest absolute Gasteiger partial charge is 0.348 e. The molecule has 4 heteroatoms. The van der Waals surface area contributed by atoms with Crippen LogP contribution in [0.5, 0.6) is 0 Å². The Morgan fingerprint density at radius 2 is 1.77 bits per heavy atom. The zero-order valence-corrected chi connectivity index (χ0v) is 12.9. The summed E-state index contributed by atoms with van der Waals surface area (Å²) in [5.41, 5.74) is 0.695. The average Bonchev–Trinajstić information content (AvgIpc) is 2.56. The van der Waals surface area contributed by atoms with Crippen LogP contribution in [0.25, 0.3) is 0 Å². The molecule has 22 heavy (non-hydrogen) atoms. The second-order valence-corrected chi connectivity index (χ2v) is 6.63. The summed E-state index contributed by atoms with van der Waals surface area (Å²) in [5, 5.41) is 8.76. The highest BCUT2D eigenvalue weighted by molar-refractivity contribution is 5.33. The van der Waals surface area contributed by atoms with Gasteiger partial charge in [0, 0.05) is 11.5 Å². The van der Waals surface area contributed by atoms with Gasteiger partial charge in [-0.3, -0.25) is 0 Å². The molecule has 1 saturated heterocycles. The third-order valence-electron chi connectivity index (χ3n) is 5.04. The summed E-state index contributed by atoms with van der Waals surface area (Å²) < 4.78 is 25.3. The zero-order chi connectivity index (χ0) is 15.5. The molecular formula is C18H22FNO2. The van der Waals surface area contributed by atoms with E-state index in [4.69, 9.17) is 14.7 Å². The first-order chi connectivity index (χ1) is 10.7. The van der Waals surface area contributed by atoms with E-state index >= 15 is 0 Å². The Labute approximate surface area is 131 Å². The molecule has 1 aromatic carbocycles. The van der Waals surface area contributed by atoms with E-state index in [1.54, 1.807) is 6.07 Å². The maximum absolute atomic E-state index is 13.7. The van der Waals surface area contributed by atoms with E-state index in [-0.39, 0.29) is 5.56 Å². The number of nitriles is 1. The molecule has 0 unspecified atom stereocenters. The fraction of sp³-hybridized carbons (Fsp3) is 0.611. The third kappa shape index (κ3) is 3.31. The Kier molecular flexibility index (Phi) is 4.75. The Hall–Kier alpha value is -1.44. The monoisotopic (exact) mass is 303 g/mol. The fourth-order valence-electron chi connectivity index (χ4n) is 3.51. The highest BCUT2D eigenvalue weighted by Crippen LogP contribution is 2.37. The molecule has 0 spiro atoms. The van der Waals surface area contributed by atoms with E-state index < -0.39 is 12.1 Å². The second kappa shape index (κ2) is 6.76. The molecule has 1 heterocycles. The lowest BCUT2D eigenvalue weighted by Crippen LogP contribution is -2.34. The third-order valence-corrected chi connectivity index (χ3v) is 5.04. The number of hydrogen-bond acceptors (Lipinski definition) is 3. The zero-order valence-electron chi connectivity index (χ0n) is 12.9. The normalized spacial score (nSPS) is 32.4. The van der Waals surface area contributed by atoms with E-state index in [1.807, 2.05) is 6.07 Å². The highest BCUT2D eigenvalue weighted by Gasteiger charge is 2.31. The van der Waals surface area contributed by atoms with Crippen molar-refractivity contribution in [1.82, 2.24) is 0 Å². The second-order valence-electron chi connectivity index (χ2n) is 6.63. The molecule has 2 aliphatic rings. The van der Waals surface area contributed by atoms with Crippen molar-refractivity contribution in [2.45, 2.75) is 38.9 Å². The lowest BCUT2D eigenvalue weighted by Gasteiger charge is -2.37.